The van der Waals surface area contributed by atoms with E-state index in [0.29, 0.717) is 11.3 Å². The second kappa shape index (κ2) is 6.36. The van der Waals surface area contributed by atoms with Gasteiger partial charge in [-0.2, -0.15) is 0 Å². The zero-order valence-electron chi connectivity index (χ0n) is 10.6. The van der Waals surface area contributed by atoms with Gasteiger partial charge in [-0.1, -0.05) is 25.1 Å². The molecule has 0 aromatic carbocycles. The van der Waals surface area contributed by atoms with Gasteiger partial charge in [0.1, 0.15) is 0 Å². The van der Waals surface area contributed by atoms with Crippen molar-refractivity contribution in [2.24, 2.45) is 0 Å². The summed E-state index contributed by atoms with van der Waals surface area (Å²) < 4.78 is 0. The highest BCUT2D eigenvalue weighted by Gasteiger charge is 2.28. The minimum atomic E-state index is 0.643. The van der Waals surface area contributed by atoms with Crippen molar-refractivity contribution in [3.8, 4) is 0 Å². The molecule has 0 bridgehead atoms. The van der Waals surface area contributed by atoms with Crippen molar-refractivity contribution in [3.05, 3.63) is 18.0 Å². The van der Waals surface area contributed by atoms with E-state index in [1.807, 2.05) is 31.1 Å². The van der Waals surface area contributed by atoms with Crippen LogP contribution >= 0.6 is 11.8 Å². The monoisotopic (exact) mass is 251 g/mol. The van der Waals surface area contributed by atoms with Gasteiger partial charge in [0.25, 0.3) is 0 Å². The fourth-order valence-corrected chi connectivity index (χ4v) is 3.39. The van der Waals surface area contributed by atoms with E-state index in [4.69, 9.17) is 0 Å². The third-order valence-electron chi connectivity index (χ3n) is 3.12. The number of nitrogens with zero attached hydrogens (tertiary/aromatic N) is 2. The maximum absolute atomic E-state index is 4.38. The summed E-state index contributed by atoms with van der Waals surface area (Å²) in [5, 5.41) is 5.20. The molecule has 0 saturated heterocycles. The van der Waals surface area contributed by atoms with Crippen molar-refractivity contribution in [2.45, 2.75) is 56.0 Å². The molecule has 94 valence electrons. The van der Waals surface area contributed by atoms with Gasteiger partial charge in [-0.05, 0) is 38.3 Å². The van der Waals surface area contributed by atoms with E-state index in [2.05, 4.69) is 22.2 Å². The van der Waals surface area contributed by atoms with Gasteiger partial charge in [-0.15, -0.1) is 0 Å². The number of hydrogen-bond acceptors (Lipinski definition) is 4. The average Bonchev–Trinajstić information content (AvgIpc) is 2.77. The smallest absolute Gasteiger partial charge is 0.187 e. The minimum Gasteiger partial charge on any atom is -0.313 e. The Balaban J connectivity index is 1.90. The molecule has 0 amide bonds. The quantitative estimate of drug-likeness (QED) is 0.817. The molecule has 0 spiro atoms. The van der Waals surface area contributed by atoms with E-state index in [0.717, 1.165) is 17.3 Å². The fraction of sp³-hybridized carbons (Fsp3) is 0.692. The lowest BCUT2D eigenvalue weighted by Crippen LogP contribution is -2.34. The molecule has 1 heterocycles. The standard InChI is InChI=1S/C13H21N3S/c1-3-7-14-11-5-4-6-12(11)17-13-15-8-10(2)9-16-13/h8-9,11-12,14H,3-7H2,1-2H3. The SMILES string of the molecule is CCCNC1CCCC1Sc1ncc(C)cn1. The molecule has 17 heavy (non-hydrogen) atoms. The van der Waals surface area contributed by atoms with E-state index in [-0.39, 0.29) is 0 Å². The Hall–Kier alpha value is -0.610. The average molecular weight is 251 g/mol. The highest BCUT2D eigenvalue weighted by Crippen LogP contribution is 2.33. The van der Waals surface area contributed by atoms with Crippen LogP contribution in [-0.4, -0.2) is 27.8 Å². The van der Waals surface area contributed by atoms with Gasteiger partial charge >= 0.3 is 0 Å². The molecule has 1 aliphatic carbocycles. The molecule has 1 aliphatic rings. The first kappa shape index (κ1) is 12.8. The lowest BCUT2D eigenvalue weighted by atomic mass is 10.2. The number of nitrogens with one attached hydrogen (secondary N) is 1. The maximum Gasteiger partial charge on any atom is 0.187 e. The fourth-order valence-electron chi connectivity index (χ4n) is 2.21. The zero-order chi connectivity index (χ0) is 12.1. The summed E-state index contributed by atoms with van der Waals surface area (Å²) in [6, 6.07) is 0.643. The zero-order valence-corrected chi connectivity index (χ0v) is 11.5. The van der Waals surface area contributed by atoms with Gasteiger partial charge in [-0.3, -0.25) is 0 Å². The van der Waals surface area contributed by atoms with Crippen LogP contribution in [0.2, 0.25) is 0 Å². The number of rotatable bonds is 5. The summed E-state index contributed by atoms with van der Waals surface area (Å²) in [7, 11) is 0. The molecule has 4 heteroatoms. The molecule has 1 aromatic rings. The largest absolute Gasteiger partial charge is 0.313 e. The molecular formula is C13H21N3S. The normalized spacial score (nSPS) is 24.1. The number of thioether (sulfide) groups is 1. The Labute approximate surface area is 108 Å². The van der Waals surface area contributed by atoms with Crippen molar-refractivity contribution >= 4 is 11.8 Å². The van der Waals surface area contributed by atoms with Gasteiger partial charge in [0, 0.05) is 23.7 Å². The van der Waals surface area contributed by atoms with Crippen LogP contribution in [0.3, 0.4) is 0 Å². The predicted molar refractivity (Wildman–Crippen MR) is 72.3 cm³/mol. The lowest BCUT2D eigenvalue weighted by Gasteiger charge is -2.19. The summed E-state index contributed by atoms with van der Waals surface area (Å²) in [5.41, 5.74) is 1.13. The third-order valence-corrected chi connectivity index (χ3v) is 4.41. The van der Waals surface area contributed by atoms with E-state index in [9.17, 15) is 0 Å². The molecule has 0 aliphatic heterocycles. The van der Waals surface area contributed by atoms with E-state index < -0.39 is 0 Å². The van der Waals surface area contributed by atoms with Crippen molar-refractivity contribution in [3.63, 3.8) is 0 Å². The summed E-state index contributed by atoms with van der Waals surface area (Å²) in [6.07, 6.45) is 8.91. The first-order valence-electron chi connectivity index (χ1n) is 6.48. The molecule has 2 rings (SSSR count). The second-order valence-electron chi connectivity index (χ2n) is 4.69. The summed E-state index contributed by atoms with van der Waals surface area (Å²) in [6.45, 7) is 5.36. The first-order chi connectivity index (χ1) is 8.29. The van der Waals surface area contributed by atoms with Crippen LogP contribution in [0, 0.1) is 6.92 Å². The van der Waals surface area contributed by atoms with Crippen molar-refractivity contribution < 1.29 is 0 Å². The Morgan fingerprint density at radius 2 is 2.12 bits per heavy atom. The molecule has 3 nitrogen and oxygen atoms in total. The predicted octanol–water partition coefficient (Wildman–Crippen LogP) is 2.80. The Morgan fingerprint density at radius 3 is 2.82 bits per heavy atom. The van der Waals surface area contributed by atoms with Gasteiger partial charge < -0.3 is 5.32 Å². The summed E-state index contributed by atoms with van der Waals surface area (Å²) in [5.74, 6) is 0. The number of hydrogen-bond donors (Lipinski definition) is 1. The third kappa shape index (κ3) is 3.68. The van der Waals surface area contributed by atoms with Crippen molar-refractivity contribution in [1.82, 2.24) is 15.3 Å². The van der Waals surface area contributed by atoms with Gasteiger partial charge in [0.15, 0.2) is 5.16 Å². The van der Waals surface area contributed by atoms with Crippen molar-refractivity contribution in [1.29, 1.82) is 0 Å². The van der Waals surface area contributed by atoms with E-state index >= 15 is 0 Å². The molecule has 0 radical (unpaired) electrons. The highest BCUT2D eigenvalue weighted by atomic mass is 32.2. The molecular weight excluding hydrogens is 230 g/mol. The van der Waals surface area contributed by atoms with Crippen LogP contribution in [0.25, 0.3) is 0 Å². The minimum absolute atomic E-state index is 0.643. The Morgan fingerprint density at radius 1 is 1.35 bits per heavy atom. The van der Waals surface area contributed by atoms with Crippen LogP contribution < -0.4 is 5.32 Å². The molecule has 1 fully saturated rings. The first-order valence-corrected chi connectivity index (χ1v) is 7.36. The second-order valence-corrected chi connectivity index (χ2v) is 5.90. The van der Waals surface area contributed by atoms with E-state index in [1.165, 1.54) is 25.7 Å². The molecule has 2 unspecified atom stereocenters. The van der Waals surface area contributed by atoms with Crippen LogP contribution in [0.5, 0.6) is 0 Å². The Bertz CT molecular complexity index is 339. The van der Waals surface area contributed by atoms with Gasteiger partial charge in [-0.25, -0.2) is 9.97 Å². The number of aryl methyl sites for hydroxylation is 1. The topological polar surface area (TPSA) is 37.8 Å². The summed E-state index contributed by atoms with van der Waals surface area (Å²) >= 11 is 1.83. The molecule has 2 atom stereocenters. The van der Waals surface area contributed by atoms with Gasteiger partial charge in [0.2, 0.25) is 0 Å². The molecule has 1 saturated carbocycles. The van der Waals surface area contributed by atoms with Crippen LogP contribution in [0.1, 0.15) is 38.2 Å². The Kier molecular flexibility index (Phi) is 4.80. The molecule has 1 aromatic heterocycles. The lowest BCUT2D eigenvalue weighted by molar-refractivity contribution is 0.530. The van der Waals surface area contributed by atoms with Crippen LogP contribution in [-0.2, 0) is 0 Å². The van der Waals surface area contributed by atoms with Crippen LogP contribution in [0.15, 0.2) is 17.6 Å². The summed E-state index contributed by atoms with van der Waals surface area (Å²) in [4.78, 5) is 8.76. The number of aromatic nitrogens is 2. The van der Waals surface area contributed by atoms with Crippen LogP contribution in [0.4, 0.5) is 0 Å². The van der Waals surface area contributed by atoms with Crippen molar-refractivity contribution in [2.75, 3.05) is 6.54 Å². The maximum atomic E-state index is 4.38. The van der Waals surface area contributed by atoms with E-state index in [1.54, 1.807) is 0 Å². The van der Waals surface area contributed by atoms with Gasteiger partial charge in [0.05, 0.1) is 0 Å². The molecule has 1 N–H and O–H groups in total. The highest BCUT2D eigenvalue weighted by molar-refractivity contribution is 7.99.